The largest absolute Gasteiger partial charge is 0.457 e. The van der Waals surface area contributed by atoms with Crippen LogP contribution < -0.4 is 5.32 Å². The summed E-state index contributed by atoms with van der Waals surface area (Å²) in [5.41, 5.74) is -6.10. The van der Waals surface area contributed by atoms with E-state index in [0.29, 0.717) is 12.0 Å². The van der Waals surface area contributed by atoms with E-state index in [2.05, 4.69) is 11.9 Å². The van der Waals surface area contributed by atoms with Crippen molar-refractivity contribution in [2.75, 3.05) is 20.7 Å². The van der Waals surface area contributed by atoms with E-state index in [4.69, 9.17) is 28.4 Å². The summed E-state index contributed by atoms with van der Waals surface area (Å²) in [6, 6.07) is 7.97. The maximum absolute atomic E-state index is 17.3. The minimum atomic E-state index is -2.69. The molecule has 3 aliphatic rings. The van der Waals surface area contributed by atoms with Gasteiger partial charge in [0.05, 0.1) is 41.7 Å². The lowest BCUT2D eigenvalue weighted by Crippen LogP contribution is -2.61. The van der Waals surface area contributed by atoms with Gasteiger partial charge in [0, 0.05) is 17.9 Å². The minimum Gasteiger partial charge on any atom is -0.457 e. The summed E-state index contributed by atoms with van der Waals surface area (Å²) >= 11 is 0. The van der Waals surface area contributed by atoms with Crippen molar-refractivity contribution in [2.45, 2.75) is 128 Å². The van der Waals surface area contributed by atoms with Crippen molar-refractivity contribution in [1.82, 2.24) is 10.2 Å². The number of cyclic esters (lactones) is 1. The highest BCUT2D eigenvalue weighted by Gasteiger charge is 2.56. The zero-order valence-electron chi connectivity index (χ0n) is 32.9. The number of hydrogen-bond donors (Lipinski definition) is 1. The second-order valence-corrected chi connectivity index (χ2v) is 15.4. The lowest BCUT2D eigenvalue weighted by Gasteiger charge is -2.48. The molecule has 298 valence electrons. The maximum atomic E-state index is 17.3. The van der Waals surface area contributed by atoms with Crippen LogP contribution in [0.2, 0.25) is 0 Å². The number of likely N-dealkylation sites (N-methyl/N-ethyl adjacent to an activating group) is 1. The predicted octanol–water partition coefficient (Wildman–Crippen LogP) is 5.26. The summed E-state index contributed by atoms with van der Waals surface area (Å²) in [4.78, 5) is 70.3. The van der Waals surface area contributed by atoms with Gasteiger partial charge in [-0.2, -0.15) is 0 Å². The summed E-state index contributed by atoms with van der Waals surface area (Å²) in [6.45, 7) is 15.4. The Labute approximate surface area is 316 Å². The Morgan fingerprint density at radius 2 is 1.74 bits per heavy atom. The number of amides is 1. The van der Waals surface area contributed by atoms with Crippen LogP contribution in [0.3, 0.4) is 0 Å². The Bertz CT molecular complexity index is 1630. The van der Waals surface area contributed by atoms with Gasteiger partial charge in [-0.3, -0.25) is 19.7 Å². The van der Waals surface area contributed by atoms with Gasteiger partial charge in [0.15, 0.2) is 35.2 Å². The highest BCUT2D eigenvalue weighted by molar-refractivity contribution is 6.03. The summed E-state index contributed by atoms with van der Waals surface area (Å²) in [5.74, 6) is -5.77. The molecule has 0 spiro atoms. The first-order chi connectivity index (χ1) is 25.2. The number of nitrogens with one attached hydrogen (secondary N) is 1. The van der Waals surface area contributed by atoms with E-state index in [1.54, 1.807) is 37.3 Å². The lowest BCUT2D eigenvalue weighted by molar-refractivity contribution is -0.297. The van der Waals surface area contributed by atoms with E-state index < -0.39 is 101 Å². The molecule has 0 bridgehead atoms. The normalized spacial score (nSPS) is 38.1. The molecule has 0 radical (unpaired) electrons. The second kappa shape index (κ2) is 16.8. The third-order valence-electron chi connectivity index (χ3n) is 10.7. The highest BCUT2D eigenvalue weighted by Crippen LogP contribution is 2.42. The molecule has 1 aromatic carbocycles. The Kier molecular flexibility index (Phi) is 13.3. The highest BCUT2D eigenvalue weighted by atomic mass is 19.1. The van der Waals surface area contributed by atoms with Crippen molar-refractivity contribution in [3.05, 3.63) is 59.8 Å². The predicted molar refractivity (Wildman–Crippen MR) is 195 cm³/mol. The van der Waals surface area contributed by atoms with E-state index in [0.717, 1.165) is 6.92 Å². The number of nitrogens with zero attached hydrogens (tertiary/aromatic N) is 1. The average molecular weight is 759 g/mol. The van der Waals surface area contributed by atoms with Gasteiger partial charge >= 0.3 is 18.0 Å². The van der Waals surface area contributed by atoms with Gasteiger partial charge in [-0.25, -0.2) is 14.0 Å². The number of fused-ring (bicyclic) bond motifs is 1. The first kappa shape index (κ1) is 42.8. The van der Waals surface area contributed by atoms with Crippen LogP contribution >= 0.6 is 0 Å². The van der Waals surface area contributed by atoms with Crippen molar-refractivity contribution in [1.29, 1.82) is 0 Å². The molecule has 14 heteroatoms. The molecule has 3 aliphatic heterocycles. The van der Waals surface area contributed by atoms with Crippen LogP contribution in [0.4, 0.5) is 9.18 Å². The number of benzene rings is 1. The molecule has 0 aliphatic carbocycles. The number of hydrogen-bond acceptors (Lipinski definition) is 12. The standard InChI is InChI=1S/C40H55FN2O11/c1-12-19-49-39(8)21-38(7,41)32(45)25(6)31-40(9,54-37(48)42-31)28(13-2)51-34(46)24(5)29(44)23(4)33(39)53-36-30(27(43(10)11)20-22(3)50-36)52-35(47)26-17-15-14-16-18-26/h12,14-18,22-24,27-28,30,33,36H,1,13,19-21H2,2-11H3,(H,42,48)/b31-25+/t22-,23+,24-,27+,28-,30-,33-,36+,38+,39-,40-/m1/s1. The Balaban J connectivity index is 1.89. The molecule has 2 fully saturated rings. The molecular weight excluding hydrogens is 703 g/mol. The van der Waals surface area contributed by atoms with E-state index in [1.165, 1.54) is 40.7 Å². The van der Waals surface area contributed by atoms with Gasteiger partial charge in [0.2, 0.25) is 0 Å². The fourth-order valence-electron chi connectivity index (χ4n) is 7.87. The first-order valence-electron chi connectivity index (χ1n) is 18.4. The molecule has 0 unspecified atom stereocenters. The zero-order valence-corrected chi connectivity index (χ0v) is 32.9. The Hall–Kier alpha value is -3.98. The van der Waals surface area contributed by atoms with E-state index in [1.807, 2.05) is 25.9 Å². The van der Waals surface area contributed by atoms with E-state index >= 15 is 4.39 Å². The zero-order chi connectivity index (χ0) is 40.3. The Morgan fingerprint density at radius 3 is 2.33 bits per heavy atom. The average Bonchev–Trinajstić information content (AvgIpc) is 3.44. The molecule has 0 saturated carbocycles. The lowest BCUT2D eigenvalue weighted by atomic mass is 9.75. The molecule has 3 heterocycles. The molecule has 2 saturated heterocycles. The SMILES string of the molecule is C=CCO[C@]1(C)C[C@](C)(F)C(=O)/C(C)=C2/NC(=O)O[C@]2(C)[C@@H](CC)OC(=O)[C@H](C)C(=O)[C@H](C)[C@H]1O[C@@H]1O[C@H](C)C[C@H](N(C)C)[C@H]1OC(=O)c1ccccc1. The molecule has 1 N–H and O–H groups in total. The monoisotopic (exact) mass is 758 g/mol. The van der Waals surface area contributed by atoms with Gasteiger partial charge in [-0.1, -0.05) is 38.1 Å². The number of allylic oxidation sites excluding steroid dienone is 1. The number of carbonyl (C=O) groups is 5. The van der Waals surface area contributed by atoms with Crippen molar-refractivity contribution in [3.8, 4) is 0 Å². The van der Waals surface area contributed by atoms with E-state index in [9.17, 15) is 24.0 Å². The number of esters is 2. The summed E-state index contributed by atoms with van der Waals surface area (Å²) in [5, 5.41) is 2.51. The van der Waals surface area contributed by atoms with Crippen molar-refractivity contribution in [3.63, 3.8) is 0 Å². The molecule has 1 amide bonds. The number of alkyl carbamates (subject to hydrolysis) is 1. The topological polar surface area (TPSA) is 156 Å². The van der Waals surface area contributed by atoms with Crippen LogP contribution in [-0.4, -0.2) is 109 Å². The molecule has 1 aromatic rings. The fourth-order valence-corrected chi connectivity index (χ4v) is 7.87. The summed E-state index contributed by atoms with van der Waals surface area (Å²) in [6.07, 6.45) is -4.90. The van der Waals surface area contributed by atoms with Gasteiger partial charge in [0.1, 0.15) is 12.0 Å². The first-order valence-corrected chi connectivity index (χ1v) is 18.4. The molecule has 54 heavy (non-hydrogen) atoms. The molecule has 11 atom stereocenters. The van der Waals surface area contributed by atoms with Gasteiger partial charge in [-0.05, 0) is 80.6 Å². The molecule has 13 nitrogen and oxygen atoms in total. The number of rotatable bonds is 9. The number of carbonyl (C=O) groups excluding carboxylic acids is 5. The van der Waals surface area contributed by atoms with Crippen LogP contribution in [0.15, 0.2) is 54.3 Å². The minimum absolute atomic E-state index is 0.0608. The van der Waals surface area contributed by atoms with Gasteiger partial charge in [0.25, 0.3) is 0 Å². The van der Waals surface area contributed by atoms with Crippen molar-refractivity contribution < 1.29 is 56.8 Å². The molecule has 0 aromatic heterocycles. The van der Waals surface area contributed by atoms with Crippen LogP contribution in [-0.2, 0) is 42.8 Å². The van der Waals surface area contributed by atoms with E-state index in [-0.39, 0.29) is 24.3 Å². The number of ketones is 2. The van der Waals surface area contributed by atoms with Crippen molar-refractivity contribution in [2.24, 2.45) is 11.8 Å². The number of halogens is 1. The number of alkyl halides is 1. The van der Waals surface area contributed by atoms with Crippen molar-refractivity contribution >= 4 is 29.6 Å². The smallest absolute Gasteiger partial charge is 0.412 e. The third kappa shape index (κ3) is 8.77. The maximum Gasteiger partial charge on any atom is 0.412 e. The van der Waals surface area contributed by atoms with Gasteiger partial charge < -0.3 is 33.3 Å². The fraction of sp³-hybridized carbons (Fsp3) is 0.625. The molecule has 4 rings (SSSR count). The summed E-state index contributed by atoms with van der Waals surface area (Å²) in [7, 11) is 3.65. The number of Topliss-reactive ketones (excluding diaryl/α,β-unsaturated/α-hetero) is 2. The summed E-state index contributed by atoms with van der Waals surface area (Å²) < 4.78 is 54.1. The van der Waals surface area contributed by atoms with Gasteiger partial charge in [-0.15, -0.1) is 6.58 Å². The number of ether oxygens (including phenoxy) is 6. The van der Waals surface area contributed by atoms with Crippen LogP contribution in [0.25, 0.3) is 0 Å². The molecular formula is C40H55FN2O11. The second-order valence-electron chi connectivity index (χ2n) is 15.4. The van der Waals surface area contributed by atoms with Crippen LogP contribution in [0.1, 0.15) is 85.0 Å². The van der Waals surface area contributed by atoms with Crippen LogP contribution in [0, 0.1) is 11.8 Å². The third-order valence-corrected chi connectivity index (χ3v) is 10.7. The van der Waals surface area contributed by atoms with Crippen LogP contribution in [0.5, 0.6) is 0 Å². The Morgan fingerprint density at radius 1 is 1.09 bits per heavy atom. The quantitative estimate of drug-likeness (QED) is 0.151.